The maximum Gasteiger partial charge on any atom is 0.197 e. The molecule has 2 saturated carbocycles. The zero-order chi connectivity index (χ0) is 21.3. The van der Waals surface area contributed by atoms with E-state index >= 15 is 0 Å². The van der Waals surface area contributed by atoms with E-state index in [1.807, 2.05) is 0 Å². The Bertz CT molecular complexity index is 1250. The van der Waals surface area contributed by atoms with Gasteiger partial charge in [0.1, 0.15) is 34.9 Å². The van der Waals surface area contributed by atoms with Crippen LogP contribution in [0.25, 0.3) is 0 Å². The summed E-state index contributed by atoms with van der Waals surface area (Å²) in [7, 11) is 0. The second-order valence-corrected chi connectivity index (χ2v) is 9.67. The second kappa shape index (κ2) is 6.64. The van der Waals surface area contributed by atoms with Gasteiger partial charge in [-0.15, -0.1) is 0 Å². The number of fused-ring (bicyclic) bond motifs is 2. The minimum Gasteiger partial charge on any atom is -0.488 e. The molecule has 7 rings (SSSR count). The van der Waals surface area contributed by atoms with Crippen LogP contribution in [0.1, 0.15) is 72.7 Å². The summed E-state index contributed by atoms with van der Waals surface area (Å²) in [6, 6.07) is 8.36. The number of oxazole rings is 1. The number of anilines is 1. The van der Waals surface area contributed by atoms with Crippen molar-refractivity contribution in [1.29, 1.82) is 0 Å². The summed E-state index contributed by atoms with van der Waals surface area (Å²) in [5.74, 6) is 4.33. The van der Waals surface area contributed by atoms with Gasteiger partial charge < -0.3 is 14.1 Å². The van der Waals surface area contributed by atoms with Gasteiger partial charge in [-0.25, -0.2) is 15.0 Å². The summed E-state index contributed by atoms with van der Waals surface area (Å²) in [6.07, 6.45) is 7.14. The third-order valence-corrected chi connectivity index (χ3v) is 6.95. The first-order chi connectivity index (χ1) is 15.6. The molecule has 3 aromatic rings. The standard InChI is InChI=1S/C25H25N5O2/c1-25(7-8-25)32-17-5-4-16-12-26-23(18(16)10-17)19-11-22(28-14-27-19)30-9-6-21-20(13-30)29-24(31-21)15-2-3-15/h4-5,10-11,14-15H,2-3,6-9,12-13H2,1H3. The topological polar surface area (TPSA) is 76.6 Å². The molecule has 0 amide bonds. The molecule has 32 heavy (non-hydrogen) atoms. The molecule has 2 aliphatic heterocycles. The van der Waals surface area contributed by atoms with Gasteiger partial charge in [0.2, 0.25) is 0 Å². The van der Waals surface area contributed by atoms with Crippen molar-refractivity contribution in [1.82, 2.24) is 15.0 Å². The number of hydrogen-bond donors (Lipinski definition) is 0. The quantitative estimate of drug-likeness (QED) is 0.608. The van der Waals surface area contributed by atoms with Gasteiger partial charge in [0.05, 0.1) is 24.5 Å². The number of hydrogen-bond acceptors (Lipinski definition) is 7. The molecule has 2 aromatic heterocycles. The zero-order valence-corrected chi connectivity index (χ0v) is 18.2. The van der Waals surface area contributed by atoms with E-state index in [0.717, 1.165) is 78.2 Å². The van der Waals surface area contributed by atoms with Crippen molar-refractivity contribution in [2.45, 2.75) is 63.6 Å². The van der Waals surface area contributed by atoms with Gasteiger partial charge in [-0.05, 0) is 50.3 Å². The predicted octanol–water partition coefficient (Wildman–Crippen LogP) is 4.19. The SMILES string of the molecule is CC1(Oc2ccc3c(c2)C(c2cc(N4CCc5oc(C6CC6)nc5C4)ncn2)=NC3)CC1. The number of ether oxygens (including phenoxy) is 1. The van der Waals surface area contributed by atoms with Crippen molar-refractivity contribution in [3.63, 3.8) is 0 Å². The highest BCUT2D eigenvalue weighted by molar-refractivity contribution is 6.14. The Hall–Kier alpha value is -3.22. The Kier molecular flexibility index (Phi) is 3.81. The molecule has 0 radical (unpaired) electrons. The number of benzene rings is 1. The summed E-state index contributed by atoms with van der Waals surface area (Å²) in [5, 5.41) is 0. The van der Waals surface area contributed by atoms with Gasteiger partial charge in [0, 0.05) is 30.5 Å². The lowest BCUT2D eigenvalue weighted by molar-refractivity contribution is 0.200. The average molecular weight is 428 g/mol. The van der Waals surface area contributed by atoms with Crippen molar-refractivity contribution in [3.05, 3.63) is 64.8 Å². The van der Waals surface area contributed by atoms with Gasteiger partial charge in [-0.2, -0.15) is 0 Å². The number of rotatable bonds is 5. The van der Waals surface area contributed by atoms with Crippen LogP contribution in [0.2, 0.25) is 0 Å². The molecule has 7 heteroatoms. The molecule has 0 atom stereocenters. The molecule has 0 unspecified atom stereocenters. The molecule has 2 aliphatic carbocycles. The predicted molar refractivity (Wildman–Crippen MR) is 119 cm³/mol. The summed E-state index contributed by atoms with van der Waals surface area (Å²) in [4.78, 5) is 21.0. The van der Waals surface area contributed by atoms with Crippen LogP contribution in [0.15, 0.2) is 40.0 Å². The maximum absolute atomic E-state index is 6.19. The fraction of sp³-hybridized carbons (Fsp3) is 0.440. The number of nitrogens with zero attached hydrogens (tertiary/aromatic N) is 5. The first-order valence-corrected chi connectivity index (χ1v) is 11.6. The summed E-state index contributed by atoms with van der Waals surface area (Å²) in [6.45, 7) is 4.43. The lowest BCUT2D eigenvalue weighted by Gasteiger charge is -2.26. The van der Waals surface area contributed by atoms with Crippen molar-refractivity contribution >= 4 is 11.5 Å². The largest absolute Gasteiger partial charge is 0.488 e. The molecule has 7 nitrogen and oxygen atoms in total. The van der Waals surface area contributed by atoms with Gasteiger partial charge >= 0.3 is 0 Å². The first kappa shape index (κ1) is 18.4. The zero-order valence-electron chi connectivity index (χ0n) is 18.2. The van der Waals surface area contributed by atoms with E-state index in [0.29, 0.717) is 12.5 Å². The molecule has 2 fully saturated rings. The molecule has 4 heterocycles. The Morgan fingerprint density at radius 3 is 2.91 bits per heavy atom. The van der Waals surface area contributed by atoms with Gasteiger partial charge in [-0.1, -0.05) is 6.07 Å². The number of aromatic nitrogens is 3. The minimum absolute atomic E-state index is 0.000158. The Morgan fingerprint density at radius 1 is 1.16 bits per heavy atom. The molecular weight excluding hydrogens is 402 g/mol. The van der Waals surface area contributed by atoms with Crippen LogP contribution >= 0.6 is 0 Å². The molecule has 1 aromatic carbocycles. The van der Waals surface area contributed by atoms with Gasteiger partial charge in [0.25, 0.3) is 0 Å². The average Bonchev–Trinajstić information content (AvgIpc) is 3.70. The van der Waals surface area contributed by atoms with E-state index in [4.69, 9.17) is 19.1 Å². The molecular formula is C25H25N5O2. The number of aliphatic imine (C=N–C) groups is 1. The normalized spacial score (nSPS) is 20.5. The van der Waals surface area contributed by atoms with Crippen LogP contribution in [0.4, 0.5) is 5.82 Å². The van der Waals surface area contributed by atoms with E-state index in [1.54, 1.807) is 6.33 Å². The second-order valence-electron chi connectivity index (χ2n) is 9.67. The molecule has 0 spiro atoms. The van der Waals surface area contributed by atoms with Gasteiger partial charge in [0.15, 0.2) is 5.89 Å². The van der Waals surface area contributed by atoms with E-state index in [-0.39, 0.29) is 5.60 Å². The minimum atomic E-state index is -0.000158. The van der Waals surface area contributed by atoms with E-state index in [2.05, 4.69) is 46.1 Å². The van der Waals surface area contributed by atoms with E-state index in [9.17, 15) is 0 Å². The van der Waals surface area contributed by atoms with Crippen molar-refractivity contribution < 1.29 is 9.15 Å². The van der Waals surface area contributed by atoms with Crippen LogP contribution in [-0.4, -0.2) is 32.8 Å². The van der Waals surface area contributed by atoms with Crippen molar-refractivity contribution in [3.8, 4) is 5.75 Å². The van der Waals surface area contributed by atoms with Crippen LogP contribution in [0, 0.1) is 0 Å². The van der Waals surface area contributed by atoms with E-state index < -0.39 is 0 Å². The fourth-order valence-corrected chi connectivity index (χ4v) is 4.58. The smallest absolute Gasteiger partial charge is 0.197 e. The van der Waals surface area contributed by atoms with Crippen LogP contribution in [-0.2, 0) is 19.5 Å². The highest BCUT2D eigenvalue weighted by Crippen LogP contribution is 2.41. The Morgan fingerprint density at radius 2 is 2.06 bits per heavy atom. The molecule has 0 saturated heterocycles. The summed E-state index contributed by atoms with van der Waals surface area (Å²) in [5.41, 5.74) is 5.16. The lowest BCUT2D eigenvalue weighted by atomic mass is 10.0. The third kappa shape index (κ3) is 3.18. The summed E-state index contributed by atoms with van der Waals surface area (Å²) < 4.78 is 12.2. The third-order valence-electron chi connectivity index (χ3n) is 6.95. The van der Waals surface area contributed by atoms with Gasteiger partial charge in [-0.3, -0.25) is 4.99 Å². The highest BCUT2D eigenvalue weighted by atomic mass is 16.5. The summed E-state index contributed by atoms with van der Waals surface area (Å²) >= 11 is 0. The maximum atomic E-state index is 6.19. The van der Waals surface area contributed by atoms with E-state index in [1.165, 1.54) is 18.4 Å². The molecule has 0 bridgehead atoms. The molecule has 0 N–H and O–H groups in total. The Balaban J connectivity index is 1.15. The van der Waals surface area contributed by atoms with Crippen LogP contribution in [0.3, 0.4) is 0 Å². The van der Waals surface area contributed by atoms with Crippen LogP contribution in [0.5, 0.6) is 5.75 Å². The first-order valence-electron chi connectivity index (χ1n) is 11.6. The lowest BCUT2D eigenvalue weighted by Crippen LogP contribution is -2.31. The molecule has 162 valence electrons. The monoisotopic (exact) mass is 427 g/mol. The van der Waals surface area contributed by atoms with Crippen molar-refractivity contribution in [2.75, 3.05) is 11.4 Å². The fourth-order valence-electron chi connectivity index (χ4n) is 4.58. The Labute approximate surface area is 186 Å². The highest BCUT2D eigenvalue weighted by Gasteiger charge is 2.40. The molecule has 4 aliphatic rings. The van der Waals surface area contributed by atoms with Crippen LogP contribution < -0.4 is 9.64 Å². The van der Waals surface area contributed by atoms with Crippen molar-refractivity contribution in [2.24, 2.45) is 4.99 Å².